The molecule has 2 aromatic rings. The van der Waals surface area contributed by atoms with Crippen LogP contribution in [-0.2, 0) is 0 Å². The minimum absolute atomic E-state index is 0.144. The smallest absolute Gasteiger partial charge is 0.254 e. The number of aromatic nitrogens is 2. The maximum Gasteiger partial charge on any atom is 0.254 e. The molecule has 0 aliphatic carbocycles. The standard InChI is InChI=1S/C19H23N5O/c1-13-20-9-8-18(21-13)23-11-16-10-17(12-23)24(16)19(25)14-4-6-15(7-5-14)22(2)3/h4-9,16-17H,10-12H2,1-3H3. The Balaban J connectivity index is 1.46. The lowest BCUT2D eigenvalue weighted by Crippen LogP contribution is -2.70. The van der Waals surface area contributed by atoms with Gasteiger partial charge in [0, 0.05) is 44.6 Å². The molecule has 0 spiro atoms. The Hall–Kier alpha value is -2.63. The molecule has 3 fully saturated rings. The average Bonchev–Trinajstić information content (AvgIpc) is 2.61. The second-order valence-corrected chi connectivity index (χ2v) is 7.06. The molecule has 3 aliphatic heterocycles. The average molecular weight is 337 g/mol. The minimum Gasteiger partial charge on any atom is -0.378 e. The monoisotopic (exact) mass is 337 g/mol. The fourth-order valence-electron chi connectivity index (χ4n) is 3.80. The molecule has 130 valence electrons. The summed E-state index contributed by atoms with van der Waals surface area (Å²) in [5.41, 5.74) is 1.87. The number of carbonyl (C=O) groups is 1. The third-order valence-corrected chi connectivity index (χ3v) is 5.14. The predicted molar refractivity (Wildman–Crippen MR) is 98.1 cm³/mol. The quantitative estimate of drug-likeness (QED) is 0.857. The van der Waals surface area contributed by atoms with Crippen molar-refractivity contribution in [3.8, 4) is 0 Å². The minimum atomic E-state index is 0.144. The molecule has 1 aromatic heterocycles. The molecule has 5 rings (SSSR count). The van der Waals surface area contributed by atoms with Gasteiger partial charge in [0.1, 0.15) is 11.6 Å². The topological polar surface area (TPSA) is 52.6 Å². The molecule has 3 saturated heterocycles. The van der Waals surface area contributed by atoms with Gasteiger partial charge in [0.2, 0.25) is 0 Å². The number of benzene rings is 1. The second kappa shape index (κ2) is 6.02. The molecule has 0 N–H and O–H groups in total. The number of piperidine rings is 1. The van der Waals surface area contributed by atoms with Crippen LogP contribution in [0.15, 0.2) is 36.5 Å². The van der Waals surface area contributed by atoms with Gasteiger partial charge in [-0.25, -0.2) is 9.97 Å². The highest BCUT2D eigenvalue weighted by atomic mass is 16.2. The number of piperazine rings is 1. The van der Waals surface area contributed by atoms with E-state index in [4.69, 9.17) is 0 Å². The Bertz CT molecular complexity index is 777. The van der Waals surface area contributed by atoms with E-state index in [1.165, 1.54) is 0 Å². The molecule has 6 heteroatoms. The number of hydrogen-bond donors (Lipinski definition) is 0. The first kappa shape index (κ1) is 15.9. The predicted octanol–water partition coefficient (Wildman–Crippen LogP) is 1.95. The summed E-state index contributed by atoms with van der Waals surface area (Å²) in [4.78, 5) is 27.9. The summed E-state index contributed by atoms with van der Waals surface area (Å²) in [5, 5.41) is 0. The van der Waals surface area contributed by atoms with Gasteiger partial charge in [0.05, 0.1) is 12.1 Å². The van der Waals surface area contributed by atoms with Crippen molar-refractivity contribution in [3.63, 3.8) is 0 Å². The molecule has 2 bridgehead atoms. The first-order valence-corrected chi connectivity index (χ1v) is 8.67. The van der Waals surface area contributed by atoms with E-state index in [2.05, 4.69) is 19.8 Å². The number of fused-ring (bicyclic) bond motifs is 2. The fraction of sp³-hybridized carbons (Fsp3) is 0.421. The molecule has 1 aromatic carbocycles. The Morgan fingerprint density at radius 2 is 1.80 bits per heavy atom. The van der Waals surface area contributed by atoms with Crippen LogP contribution in [0.25, 0.3) is 0 Å². The van der Waals surface area contributed by atoms with Crippen molar-refractivity contribution in [2.75, 3.05) is 37.0 Å². The largest absolute Gasteiger partial charge is 0.378 e. The van der Waals surface area contributed by atoms with Gasteiger partial charge in [0.15, 0.2) is 0 Å². The zero-order chi connectivity index (χ0) is 17.6. The van der Waals surface area contributed by atoms with Gasteiger partial charge in [-0.1, -0.05) is 0 Å². The fourth-order valence-corrected chi connectivity index (χ4v) is 3.80. The molecule has 25 heavy (non-hydrogen) atoms. The van der Waals surface area contributed by atoms with Crippen molar-refractivity contribution in [1.82, 2.24) is 14.9 Å². The van der Waals surface area contributed by atoms with E-state index in [0.717, 1.165) is 42.4 Å². The van der Waals surface area contributed by atoms with E-state index in [9.17, 15) is 4.79 Å². The van der Waals surface area contributed by atoms with E-state index in [1.807, 2.05) is 56.3 Å². The Morgan fingerprint density at radius 3 is 2.40 bits per heavy atom. The molecule has 2 unspecified atom stereocenters. The van der Waals surface area contributed by atoms with Crippen LogP contribution in [0.4, 0.5) is 11.5 Å². The lowest BCUT2D eigenvalue weighted by molar-refractivity contribution is 0.00575. The summed E-state index contributed by atoms with van der Waals surface area (Å²) in [5.74, 6) is 1.89. The van der Waals surface area contributed by atoms with Gasteiger partial charge < -0.3 is 14.7 Å². The van der Waals surface area contributed by atoms with Crippen LogP contribution >= 0.6 is 0 Å². The number of nitrogens with zero attached hydrogens (tertiary/aromatic N) is 5. The highest BCUT2D eigenvalue weighted by molar-refractivity contribution is 5.95. The second-order valence-electron chi connectivity index (χ2n) is 7.06. The molecule has 4 heterocycles. The normalized spacial score (nSPS) is 21.7. The molecular formula is C19H23N5O. The third-order valence-electron chi connectivity index (χ3n) is 5.14. The Labute approximate surface area is 148 Å². The molecule has 0 saturated carbocycles. The van der Waals surface area contributed by atoms with Gasteiger partial charge >= 0.3 is 0 Å². The van der Waals surface area contributed by atoms with E-state index in [0.29, 0.717) is 0 Å². The maximum absolute atomic E-state index is 12.9. The number of carbonyl (C=O) groups excluding carboxylic acids is 1. The number of rotatable bonds is 3. The van der Waals surface area contributed by atoms with Crippen molar-refractivity contribution >= 4 is 17.4 Å². The zero-order valence-corrected chi connectivity index (χ0v) is 14.9. The van der Waals surface area contributed by atoms with E-state index >= 15 is 0 Å². The number of anilines is 2. The van der Waals surface area contributed by atoms with Crippen molar-refractivity contribution in [2.45, 2.75) is 25.4 Å². The molecular weight excluding hydrogens is 314 g/mol. The Morgan fingerprint density at radius 1 is 1.12 bits per heavy atom. The van der Waals surface area contributed by atoms with Crippen LogP contribution in [0, 0.1) is 6.92 Å². The van der Waals surface area contributed by atoms with Crippen molar-refractivity contribution in [3.05, 3.63) is 47.9 Å². The van der Waals surface area contributed by atoms with Crippen LogP contribution < -0.4 is 9.80 Å². The number of hydrogen-bond acceptors (Lipinski definition) is 5. The van der Waals surface area contributed by atoms with Gasteiger partial charge in [-0.3, -0.25) is 4.79 Å². The first-order valence-electron chi connectivity index (χ1n) is 8.67. The van der Waals surface area contributed by atoms with E-state index in [-0.39, 0.29) is 18.0 Å². The van der Waals surface area contributed by atoms with Crippen LogP contribution in [0.2, 0.25) is 0 Å². The van der Waals surface area contributed by atoms with E-state index < -0.39 is 0 Å². The van der Waals surface area contributed by atoms with Crippen molar-refractivity contribution in [1.29, 1.82) is 0 Å². The summed E-state index contributed by atoms with van der Waals surface area (Å²) >= 11 is 0. The SMILES string of the molecule is Cc1nccc(N2CC3CC(C2)N3C(=O)c2ccc(N(C)C)cc2)n1. The molecule has 6 nitrogen and oxygen atoms in total. The highest BCUT2D eigenvalue weighted by Gasteiger charge is 2.47. The number of aryl methyl sites for hydroxylation is 1. The first-order chi connectivity index (χ1) is 12.0. The summed E-state index contributed by atoms with van der Waals surface area (Å²) in [7, 11) is 4.00. The Kier molecular flexibility index (Phi) is 3.82. The maximum atomic E-state index is 12.9. The van der Waals surface area contributed by atoms with Gasteiger partial charge in [-0.05, 0) is 43.7 Å². The lowest BCUT2D eigenvalue weighted by atomic mass is 9.86. The molecule has 3 aliphatic rings. The van der Waals surface area contributed by atoms with Gasteiger partial charge in [-0.15, -0.1) is 0 Å². The third kappa shape index (κ3) is 2.81. The summed E-state index contributed by atoms with van der Waals surface area (Å²) in [6.07, 6.45) is 2.88. The zero-order valence-electron chi connectivity index (χ0n) is 14.9. The van der Waals surface area contributed by atoms with Crippen molar-refractivity contribution in [2.24, 2.45) is 0 Å². The molecule has 1 amide bonds. The van der Waals surface area contributed by atoms with Gasteiger partial charge in [0.25, 0.3) is 5.91 Å². The summed E-state index contributed by atoms with van der Waals surface area (Å²) in [6.45, 7) is 3.59. The highest BCUT2D eigenvalue weighted by Crippen LogP contribution is 2.35. The van der Waals surface area contributed by atoms with Gasteiger partial charge in [-0.2, -0.15) is 0 Å². The molecule has 0 radical (unpaired) electrons. The number of amides is 1. The van der Waals surface area contributed by atoms with Crippen LogP contribution in [-0.4, -0.2) is 60.0 Å². The van der Waals surface area contributed by atoms with Crippen molar-refractivity contribution < 1.29 is 4.79 Å². The summed E-state index contributed by atoms with van der Waals surface area (Å²) in [6, 6.07) is 10.3. The van der Waals surface area contributed by atoms with E-state index in [1.54, 1.807) is 6.20 Å². The lowest BCUT2D eigenvalue weighted by Gasteiger charge is -2.56. The van der Waals surface area contributed by atoms with Crippen LogP contribution in [0.1, 0.15) is 22.6 Å². The van der Waals surface area contributed by atoms with Crippen LogP contribution in [0.3, 0.4) is 0 Å². The summed E-state index contributed by atoms with van der Waals surface area (Å²) < 4.78 is 0. The van der Waals surface area contributed by atoms with Crippen LogP contribution in [0.5, 0.6) is 0 Å². The molecule has 2 atom stereocenters.